The predicted octanol–water partition coefficient (Wildman–Crippen LogP) is 4.11. The zero-order valence-electron chi connectivity index (χ0n) is 11.4. The standard InChI is InChI=1S/C16H16O3S/c1-3-11-10-14(8-9-15(11)16(17)18)20-13-6-4-12(19-2)5-7-13/h4-10H,3H2,1-2H3,(H,17,18). The topological polar surface area (TPSA) is 46.5 Å². The van der Waals surface area contributed by atoms with Gasteiger partial charge >= 0.3 is 5.97 Å². The van der Waals surface area contributed by atoms with Crippen LogP contribution in [0.2, 0.25) is 0 Å². The lowest BCUT2D eigenvalue weighted by Crippen LogP contribution is -2.01. The molecule has 0 unspecified atom stereocenters. The summed E-state index contributed by atoms with van der Waals surface area (Å²) in [4.78, 5) is 13.2. The molecule has 0 bridgehead atoms. The summed E-state index contributed by atoms with van der Waals surface area (Å²) < 4.78 is 5.12. The summed E-state index contributed by atoms with van der Waals surface area (Å²) in [6.45, 7) is 1.96. The summed E-state index contributed by atoms with van der Waals surface area (Å²) in [6, 6.07) is 13.3. The van der Waals surface area contributed by atoms with Gasteiger partial charge in [-0.2, -0.15) is 0 Å². The molecular weight excluding hydrogens is 272 g/mol. The van der Waals surface area contributed by atoms with E-state index in [9.17, 15) is 4.79 Å². The summed E-state index contributed by atoms with van der Waals surface area (Å²) in [5.41, 5.74) is 1.24. The first-order chi connectivity index (χ1) is 9.63. The average molecular weight is 288 g/mol. The van der Waals surface area contributed by atoms with Crippen molar-refractivity contribution in [2.45, 2.75) is 23.1 Å². The van der Waals surface area contributed by atoms with Crippen molar-refractivity contribution in [1.29, 1.82) is 0 Å². The van der Waals surface area contributed by atoms with Gasteiger partial charge in [-0.25, -0.2) is 4.79 Å². The fourth-order valence-electron chi connectivity index (χ4n) is 1.91. The van der Waals surface area contributed by atoms with Crippen LogP contribution < -0.4 is 4.74 Å². The first kappa shape index (κ1) is 14.5. The van der Waals surface area contributed by atoms with E-state index >= 15 is 0 Å². The van der Waals surface area contributed by atoms with Gasteiger partial charge in [-0.3, -0.25) is 0 Å². The van der Waals surface area contributed by atoms with Crippen LogP contribution in [-0.4, -0.2) is 18.2 Å². The highest BCUT2D eigenvalue weighted by atomic mass is 32.2. The van der Waals surface area contributed by atoms with Crippen molar-refractivity contribution in [2.75, 3.05) is 7.11 Å². The summed E-state index contributed by atoms with van der Waals surface area (Å²) in [5.74, 6) is -0.0485. The van der Waals surface area contributed by atoms with Crippen molar-refractivity contribution in [3.8, 4) is 5.75 Å². The maximum absolute atomic E-state index is 11.1. The number of hydrogen-bond acceptors (Lipinski definition) is 3. The predicted molar refractivity (Wildman–Crippen MR) is 79.9 cm³/mol. The van der Waals surface area contributed by atoms with Crippen molar-refractivity contribution in [3.05, 3.63) is 53.6 Å². The Labute approximate surface area is 122 Å². The number of methoxy groups -OCH3 is 1. The summed E-state index contributed by atoms with van der Waals surface area (Å²) in [6.07, 6.45) is 0.707. The molecule has 0 radical (unpaired) electrons. The highest BCUT2D eigenvalue weighted by Gasteiger charge is 2.09. The zero-order chi connectivity index (χ0) is 14.5. The van der Waals surface area contributed by atoms with Crippen LogP contribution in [0.3, 0.4) is 0 Å². The van der Waals surface area contributed by atoms with Gasteiger partial charge in [-0.05, 0) is 54.4 Å². The van der Waals surface area contributed by atoms with Gasteiger partial charge in [0, 0.05) is 9.79 Å². The number of ether oxygens (including phenoxy) is 1. The van der Waals surface area contributed by atoms with Gasteiger partial charge in [0.25, 0.3) is 0 Å². The number of rotatable bonds is 5. The minimum absolute atomic E-state index is 0.381. The summed E-state index contributed by atoms with van der Waals surface area (Å²) in [7, 11) is 1.64. The van der Waals surface area contributed by atoms with E-state index in [2.05, 4.69) is 0 Å². The molecule has 4 heteroatoms. The second-order valence-electron chi connectivity index (χ2n) is 4.26. The van der Waals surface area contributed by atoms with E-state index in [1.54, 1.807) is 24.9 Å². The molecule has 0 aliphatic carbocycles. The average Bonchev–Trinajstić information content (AvgIpc) is 2.47. The number of aromatic carboxylic acids is 1. The Morgan fingerprint density at radius 1 is 1.15 bits per heavy atom. The Balaban J connectivity index is 2.22. The largest absolute Gasteiger partial charge is 0.497 e. The molecule has 2 aromatic rings. The van der Waals surface area contributed by atoms with E-state index in [4.69, 9.17) is 9.84 Å². The second-order valence-corrected chi connectivity index (χ2v) is 5.40. The number of carbonyl (C=O) groups is 1. The van der Waals surface area contributed by atoms with Gasteiger partial charge in [-0.15, -0.1) is 0 Å². The molecule has 0 heterocycles. The van der Waals surface area contributed by atoms with Crippen LogP contribution in [0.1, 0.15) is 22.8 Å². The van der Waals surface area contributed by atoms with E-state index in [0.717, 1.165) is 21.1 Å². The smallest absolute Gasteiger partial charge is 0.335 e. The third-order valence-corrected chi connectivity index (χ3v) is 3.98. The van der Waals surface area contributed by atoms with Gasteiger partial charge in [0.2, 0.25) is 0 Å². The number of carboxylic acid groups (broad SMARTS) is 1. The fourth-order valence-corrected chi connectivity index (χ4v) is 2.80. The minimum Gasteiger partial charge on any atom is -0.497 e. The van der Waals surface area contributed by atoms with Crippen molar-refractivity contribution in [2.24, 2.45) is 0 Å². The Hall–Kier alpha value is -1.94. The van der Waals surface area contributed by atoms with Gasteiger partial charge < -0.3 is 9.84 Å². The van der Waals surface area contributed by atoms with Crippen molar-refractivity contribution >= 4 is 17.7 Å². The van der Waals surface area contributed by atoms with Crippen molar-refractivity contribution in [1.82, 2.24) is 0 Å². The van der Waals surface area contributed by atoms with Crippen LogP contribution in [0, 0.1) is 0 Å². The van der Waals surface area contributed by atoms with Crippen LogP contribution in [-0.2, 0) is 6.42 Å². The SMILES string of the molecule is CCc1cc(Sc2ccc(OC)cc2)ccc1C(=O)O. The number of aryl methyl sites for hydroxylation is 1. The van der Waals surface area contributed by atoms with Crippen LogP contribution in [0.5, 0.6) is 5.75 Å². The molecule has 0 aromatic heterocycles. The molecule has 2 rings (SSSR count). The third-order valence-electron chi connectivity index (χ3n) is 2.98. The molecular formula is C16H16O3S. The molecule has 20 heavy (non-hydrogen) atoms. The molecule has 0 fully saturated rings. The quantitative estimate of drug-likeness (QED) is 0.899. The molecule has 0 aliphatic rings. The molecule has 0 atom stereocenters. The van der Waals surface area contributed by atoms with E-state index in [0.29, 0.717) is 12.0 Å². The van der Waals surface area contributed by atoms with Gasteiger partial charge in [-0.1, -0.05) is 18.7 Å². The Morgan fingerprint density at radius 2 is 1.80 bits per heavy atom. The summed E-state index contributed by atoms with van der Waals surface area (Å²) >= 11 is 1.61. The van der Waals surface area contributed by atoms with Crippen LogP contribution in [0.25, 0.3) is 0 Å². The highest BCUT2D eigenvalue weighted by molar-refractivity contribution is 7.99. The maximum Gasteiger partial charge on any atom is 0.335 e. The molecule has 1 N–H and O–H groups in total. The first-order valence-corrected chi connectivity index (χ1v) is 7.13. The highest BCUT2D eigenvalue weighted by Crippen LogP contribution is 2.30. The Bertz CT molecular complexity index is 606. The number of benzene rings is 2. The van der Waals surface area contributed by atoms with E-state index in [1.165, 1.54) is 0 Å². The summed E-state index contributed by atoms with van der Waals surface area (Å²) in [5, 5.41) is 9.11. The lowest BCUT2D eigenvalue weighted by atomic mass is 10.1. The number of carboxylic acids is 1. The van der Waals surface area contributed by atoms with Crippen LogP contribution in [0.4, 0.5) is 0 Å². The third kappa shape index (κ3) is 3.33. The normalized spacial score (nSPS) is 10.3. The molecule has 0 spiro atoms. The first-order valence-electron chi connectivity index (χ1n) is 6.32. The van der Waals surface area contributed by atoms with Gasteiger partial charge in [0.05, 0.1) is 12.7 Å². The molecule has 0 amide bonds. The maximum atomic E-state index is 11.1. The fraction of sp³-hybridized carbons (Fsp3) is 0.188. The molecule has 0 aliphatic heterocycles. The van der Waals surface area contributed by atoms with Crippen LogP contribution >= 0.6 is 11.8 Å². The lowest BCUT2D eigenvalue weighted by molar-refractivity contribution is 0.0695. The molecule has 104 valence electrons. The molecule has 3 nitrogen and oxygen atoms in total. The van der Waals surface area contributed by atoms with Gasteiger partial charge in [0.1, 0.15) is 5.75 Å². The van der Waals surface area contributed by atoms with E-state index in [1.807, 2.05) is 43.3 Å². The van der Waals surface area contributed by atoms with E-state index in [-0.39, 0.29) is 0 Å². The Morgan fingerprint density at radius 3 is 2.35 bits per heavy atom. The lowest BCUT2D eigenvalue weighted by Gasteiger charge is -2.08. The number of hydrogen-bond donors (Lipinski definition) is 1. The van der Waals surface area contributed by atoms with Crippen molar-refractivity contribution < 1.29 is 14.6 Å². The Kier molecular flexibility index (Phi) is 4.69. The monoisotopic (exact) mass is 288 g/mol. The van der Waals surface area contributed by atoms with E-state index < -0.39 is 5.97 Å². The molecule has 2 aromatic carbocycles. The zero-order valence-corrected chi connectivity index (χ0v) is 12.2. The minimum atomic E-state index is -0.872. The second kappa shape index (κ2) is 6.48. The molecule has 0 saturated heterocycles. The molecule has 0 saturated carbocycles. The van der Waals surface area contributed by atoms with Crippen molar-refractivity contribution in [3.63, 3.8) is 0 Å². The van der Waals surface area contributed by atoms with Gasteiger partial charge in [0.15, 0.2) is 0 Å². The van der Waals surface area contributed by atoms with Crippen LogP contribution in [0.15, 0.2) is 52.3 Å².